The molecule has 0 amide bonds. The summed E-state index contributed by atoms with van der Waals surface area (Å²) in [5.41, 5.74) is 0.972. The Labute approximate surface area is 105 Å². The van der Waals surface area contributed by atoms with Crippen molar-refractivity contribution < 1.29 is 9.84 Å². The molecule has 0 spiro atoms. The van der Waals surface area contributed by atoms with E-state index in [0.29, 0.717) is 12.3 Å². The third-order valence-corrected chi connectivity index (χ3v) is 2.70. The second-order valence-corrected chi connectivity index (χ2v) is 3.98. The molecule has 96 valence electrons. The first-order chi connectivity index (χ1) is 8.70. The summed E-state index contributed by atoms with van der Waals surface area (Å²) in [5, 5.41) is 19.6. The van der Waals surface area contributed by atoms with Crippen molar-refractivity contribution in [3.63, 3.8) is 0 Å². The second-order valence-electron chi connectivity index (χ2n) is 3.98. The smallest absolute Gasteiger partial charge is 0.160 e. The number of aromatic nitrogens is 3. The zero-order valence-corrected chi connectivity index (χ0v) is 10.3. The van der Waals surface area contributed by atoms with Crippen molar-refractivity contribution in [1.29, 1.82) is 0 Å². The van der Waals surface area contributed by atoms with E-state index in [0.717, 1.165) is 11.4 Å². The lowest BCUT2D eigenvalue weighted by atomic mass is 10.2. The van der Waals surface area contributed by atoms with Gasteiger partial charge in [-0.2, -0.15) is 5.10 Å². The number of aromatic amines is 1. The Morgan fingerprint density at radius 1 is 1.50 bits per heavy atom. The Kier molecular flexibility index (Phi) is 3.78. The van der Waals surface area contributed by atoms with E-state index < -0.39 is 0 Å². The molecule has 0 aliphatic carbocycles. The van der Waals surface area contributed by atoms with Crippen molar-refractivity contribution in [3.05, 3.63) is 35.9 Å². The van der Waals surface area contributed by atoms with Gasteiger partial charge >= 0.3 is 0 Å². The standard InChI is InChI=1S/C12H16N4O2/c1-8(12-14-7-15-16-12)13-6-9-3-4-11(18-2)10(17)5-9/h3-5,7-8,13,17H,6H2,1-2H3,(H,14,15,16). The molecule has 0 fully saturated rings. The first-order valence-corrected chi connectivity index (χ1v) is 5.65. The van der Waals surface area contributed by atoms with E-state index in [1.54, 1.807) is 12.1 Å². The zero-order chi connectivity index (χ0) is 13.0. The van der Waals surface area contributed by atoms with Gasteiger partial charge in [0.25, 0.3) is 0 Å². The number of rotatable bonds is 5. The van der Waals surface area contributed by atoms with Gasteiger partial charge in [0.05, 0.1) is 13.2 Å². The molecule has 1 atom stereocenters. The monoisotopic (exact) mass is 248 g/mol. The van der Waals surface area contributed by atoms with Crippen LogP contribution in [0.4, 0.5) is 0 Å². The molecule has 1 aromatic carbocycles. The van der Waals surface area contributed by atoms with Crippen LogP contribution in [0.1, 0.15) is 24.4 Å². The fourth-order valence-corrected chi connectivity index (χ4v) is 1.64. The fraction of sp³-hybridized carbons (Fsp3) is 0.333. The van der Waals surface area contributed by atoms with E-state index in [4.69, 9.17) is 4.74 Å². The molecule has 0 aliphatic heterocycles. The number of nitrogens with one attached hydrogen (secondary N) is 2. The van der Waals surface area contributed by atoms with Crippen molar-refractivity contribution >= 4 is 0 Å². The van der Waals surface area contributed by atoms with Crippen LogP contribution in [-0.2, 0) is 6.54 Å². The summed E-state index contributed by atoms with van der Waals surface area (Å²) in [7, 11) is 1.53. The summed E-state index contributed by atoms with van der Waals surface area (Å²) in [6, 6.07) is 5.39. The summed E-state index contributed by atoms with van der Waals surface area (Å²) in [4.78, 5) is 4.07. The maximum atomic E-state index is 9.66. The lowest BCUT2D eigenvalue weighted by Crippen LogP contribution is -2.19. The Morgan fingerprint density at radius 3 is 2.94 bits per heavy atom. The number of nitrogens with zero attached hydrogens (tertiary/aromatic N) is 2. The van der Waals surface area contributed by atoms with Gasteiger partial charge in [-0.05, 0) is 24.6 Å². The van der Waals surface area contributed by atoms with E-state index in [-0.39, 0.29) is 11.8 Å². The maximum absolute atomic E-state index is 9.66. The largest absolute Gasteiger partial charge is 0.504 e. The molecule has 2 rings (SSSR count). The molecule has 1 aromatic heterocycles. The van der Waals surface area contributed by atoms with Gasteiger partial charge in [0.2, 0.25) is 0 Å². The molecule has 1 unspecified atom stereocenters. The molecule has 0 saturated carbocycles. The molecule has 0 aliphatic rings. The average molecular weight is 248 g/mol. The van der Waals surface area contributed by atoms with E-state index >= 15 is 0 Å². The van der Waals surface area contributed by atoms with E-state index in [9.17, 15) is 5.11 Å². The number of ether oxygens (including phenoxy) is 1. The minimum absolute atomic E-state index is 0.0664. The van der Waals surface area contributed by atoms with E-state index in [1.165, 1.54) is 13.4 Å². The van der Waals surface area contributed by atoms with Crippen LogP contribution in [0.2, 0.25) is 0 Å². The van der Waals surface area contributed by atoms with Gasteiger partial charge in [-0.25, -0.2) is 4.98 Å². The van der Waals surface area contributed by atoms with Crippen molar-refractivity contribution in [1.82, 2.24) is 20.5 Å². The highest BCUT2D eigenvalue weighted by molar-refractivity contribution is 5.41. The molecule has 1 heterocycles. The summed E-state index contributed by atoms with van der Waals surface area (Å²) in [6.45, 7) is 2.61. The van der Waals surface area contributed by atoms with Crippen LogP contribution in [0.15, 0.2) is 24.5 Å². The molecule has 18 heavy (non-hydrogen) atoms. The van der Waals surface area contributed by atoms with Crippen LogP contribution in [0.25, 0.3) is 0 Å². The number of aromatic hydroxyl groups is 1. The third kappa shape index (κ3) is 2.78. The predicted octanol–water partition coefficient (Wildman–Crippen LogP) is 1.37. The number of phenolic OH excluding ortho intramolecular Hbond substituents is 1. The average Bonchev–Trinajstić information content (AvgIpc) is 2.90. The molecule has 2 aromatic rings. The first-order valence-electron chi connectivity index (χ1n) is 5.65. The summed E-state index contributed by atoms with van der Waals surface area (Å²) in [6.07, 6.45) is 1.48. The van der Waals surface area contributed by atoms with Gasteiger partial charge < -0.3 is 15.2 Å². The molecule has 6 heteroatoms. The fourth-order valence-electron chi connectivity index (χ4n) is 1.64. The number of methoxy groups -OCH3 is 1. The Bertz CT molecular complexity index is 499. The van der Waals surface area contributed by atoms with Crippen LogP contribution < -0.4 is 10.1 Å². The maximum Gasteiger partial charge on any atom is 0.160 e. The van der Waals surface area contributed by atoms with Gasteiger partial charge in [-0.1, -0.05) is 6.07 Å². The summed E-state index contributed by atoms with van der Waals surface area (Å²) in [5.74, 6) is 1.40. The normalized spacial score (nSPS) is 12.3. The molecule has 3 N–H and O–H groups in total. The summed E-state index contributed by atoms with van der Waals surface area (Å²) >= 11 is 0. The molecular weight excluding hydrogens is 232 g/mol. The molecule has 0 radical (unpaired) electrons. The number of phenols is 1. The predicted molar refractivity (Wildman–Crippen MR) is 66.3 cm³/mol. The van der Waals surface area contributed by atoms with Crippen molar-refractivity contribution in [2.45, 2.75) is 19.5 Å². The highest BCUT2D eigenvalue weighted by atomic mass is 16.5. The lowest BCUT2D eigenvalue weighted by Gasteiger charge is -2.11. The van der Waals surface area contributed by atoms with Gasteiger partial charge in [0, 0.05) is 6.54 Å². The van der Waals surface area contributed by atoms with Crippen LogP contribution in [0.3, 0.4) is 0 Å². The van der Waals surface area contributed by atoms with E-state index in [1.807, 2.05) is 13.0 Å². The number of hydrogen-bond donors (Lipinski definition) is 3. The Hall–Kier alpha value is -2.08. The van der Waals surface area contributed by atoms with Crippen LogP contribution in [0.5, 0.6) is 11.5 Å². The minimum atomic E-state index is 0.0664. The van der Waals surface area contributed by atoms with Crippen LogP contribution in [-0.4, -0.2) is 27.4 Å². The van der Waals surface area contributed by atoms with Crippen LogP contribution >= 0.6 is 0 Å². The second kappa shape index (κ2) is 5.50. The highest BCUT2D eigenvalue weighted by Crippen LogP contribution is 2.26. The Balaban J connectivity index is 1.96. The SMILES string of the molecule is COc1ccc(CNC(C)c2ncn[nH]2)cc1O. The van der Waals surface area contributed by atoms with Gasteiger partial charge in [0.15, 0.2) is 11.5 Å². The first kappa shape index (κ1) is 12.4. The Morgan fingerprint density at radius 2 is 2.33 bits per heavy atom. The molecular formula is C12H16N4O2. The van der Waals surface area contributed by atoms with Gasteiger partial charge in [0.1, 0.15) is 12.2 Å². The molecule has 0 bridgehead atoms. The number of H-pyrrole nitrogens is 1. The van der Waals surface area contributed by atoms with Gasteiger partial charge in [-0.3, -0.25) is 5.10 Å². The van der Waals surface area contributed by atoms with Crippen molar-refractivity contribution in [2.75, 3.05) is 7.11 Å². The topological polar surface area (TPSA) is 83.1 Å². The zero-order valence-electron chi connectivity index (χ0n) is 10.3. The lowest BCUT2D eigenvalue weighted by molar-refractivity contribution is 0.373. The quantitative estimate of drug-likeness (QED) is 0.744. The number of hydrogen-bond acceptors (Lipinski definition) is 5. The van der Waals surface area contributed by atoms with Gasteiger partial charge in [-0.15, -0.1) is 0 Å². The third-order valence-electron chi connectivity index (χ3n) is 2.70. The molecule has 0 saturated heterocycles. The van der Waals surface area contributed by atoms with Crippen LogP contribution in [0, 0.1) is 0 Å². The van der Waals surface area contributed by atoms with Crippen molar-refractivity contribution in [2.24, 2.45) is 0 Å². The highest BCUT2D eigenvalue weighted by Gasteiger charge is 2.08. The summed E-state index contributed by atoms with van der Waals surface area (Å²) < 4.78 is 4.99. The minimum Gasteiger partial charge on any atom is -0.504 e. The number of benzene rings is 1. The van der Waals surface area contributed by atoms with E-state index in [2.05, 4.69) is 20.5 Å². The van der Waals surface area contributed by atoms with Crippen molar-refractivity contribution in [3.8, 4) is 11.5 Å². The molecule has 6 nitrogen and oxygen atoms in total.